The average molecular weight is 533 g/mol. The number of hydrogen-bond acceptors (Lipinski definition) is 2. The first-order valence-electron chi connectivity index (χ1n) is 14.3. The highest BCUT2D eigenvalue weighted by Gasteiger charge is 2.32. The molecule has 2 amide bonds. The molecule has 206 valence electrons. The van der Waals surface area contributed by atoms with E-state index < -0.39 is 6.04 Å². The molecule has 40 heavy (non-hydrogen) atoms. The van der Waals surface area contributed by atoms with Gasteiger partial charge in [-0.25, -0.2) is 0 Å². The van der Waals surface area contributed by atoms with Crippen LogP contribution in [0.3, 0.4) is 0 Å². The molecule has 0 heterocycles. The maximum atomic E-state index is 14.4. The Kier molecular flexibility index (Phi) is 10.7. The van der Waals surface area contributed by atoms with Crippen molar-refractivity contribution in [2.24, 2.45) is 0 Å². The van der Waals surface area contributed by atoms with Gasteiger partial charge in [-0.1, -0.05) is 134 Å². The highest BCUT2D eigenvalue weighted by Crippen LogP contribution is 2.30. The maximum absolute atomic E-state index is 14.4. The van der Waals surface area contributed by atoms with Gasteiger partial charge < -0.3 is 10.2 Å². The number of hydrogen-bond donors (Lipinski definition) is 1. The highest BCUT2D eigenvalue weighted by molar-refractivity contribution is 5.88. The molecule has 0 aliphatic heterocycles. The fourth-order valence-electron chi connectivity index (χ4n) is 5.16. The zero-order chi connectivity index (χ0) is 28.2. The summed E-state index contributed by atoms with van der Waals surface area (Å²) < 4.78 is 0. The molecule has 0 aliphatic rings. The van der Waals surface area contributed by atoms with Crippen LogP contribution in [0, 0.1) is 6.92 Å². The van der Waals surface area contributed by atoms with Crippen LogP contribution in [0.15, 0.2) is 115 Å². The minimum Gasteiger partial charge on any atom is -0.354 e. The minimum atomic E-state index is -0.625. The van der Waals surface area contributed by atoms with E-state index in [-0.39, 0.29) is 24.2 Å². The number of unbranched alkanes of at least 4 members (excludes halogenated alkanes) is 1. The summed E-state index contributed by atoms with van der Waals surface area (Å²) in [6, 6.07) is 37.9. The lowest BCUT2D eigenvalue weighted by atomic mass is 9.87. The Labute approximate surface area is 239 Å². The third kappa shape index (κ3) is 8.16. The van der Waals surface area contributed by atoms with Crippen molar-refractivity contribution in [3.63, 3.8) is 0 Å². The molecule has 4 heteroatoms. The van der Waals surface area contributed by atoms with E-state index in [1.54, 1.807) is 0 Å². The molecule has 1 unspecified atom stereocenters. The smallest absolute Gasteiger partial charge is 0.243 e. The third-order valence-electron chi connectivity index (χ3n) is 7.32. The molecule has 0 bridgehead atoms. The molecule has 4 rings (SSSR count). The van der Waals surface area contributed by atoms with Crippen molar-refractivity contribution in [3.8, 4) is 0 Å². The van der Waals surface area contributed by atoms with Crippen LogP contribution >= 0.6 is 0 Å². The van der Waals surface area contributed by atoms with Gasteiger partial charge in [-0.05, 0) is 35.6 Å². The molecule has 4 aromatic rings. The fraction of sp³-hybridized carbons (Fsp3) is 0.278. The van der Waals surface area contributed by atoms with E-state index >= 15 is 0 Å². The molecule has 0 fully saturated rings. The second-order valence-electron chi connectivity index (χ2n) is 10.4. The maximum Gasteiger partial charge on any atom is 0.243 e. The van der Waals surface area contributed by atoms with E-state index in [0.29, 0.717) is 19.5 Å². The topological polar surface area (TPSA) is 49.4 Å². The highest BCUT2D eigenvalue weighted by atomic mass is 16.2. The molecule has 0 saturated carbocycles. The Balaban J connectivity index is 1.71. The van der Waals surface area contributed by atoms with Gasteiger partial charge in [0.25, 0.3) is 0 Å². The van der Waals surface area contributed by atoms with Gasteiger partial charge in [0.1, 0.15) is 6.04 Å². The van der Waals surface area contributed by atoms with Crippen molar-refractivity contribution in [3.05, 3.63) is 143 Å². The van der Waals surface area contributed by atoms with Crippen LogP contribution in [0.4, 0.5) is 0 Å². The molecule has 0 aromatic heterocycles. The quantitative estimate of drug-likeness (QED) is 0.187. The summed E-state index contributed by atoms with van der Waals surface area (Å²) in [6.07, 6.45) is 2.62. The Morgan fingerprint density at radius 3 is 1.90 bits per heavy atom. The lowest BCUT2D eigenvalue weighted by Crippen LogP contribution is -2.51. The van der Waals surface area contributed by atoms with E-state index in [2.05, 4.69) is 55.6 Å². The Bertz CT molecular complexity index is 1300. The lowest BCUT2D eigenvalue weighted by Gasteiger charge is -2.33. The molecular weight excluding hydrogens is 492 g/mol. The van der Waals surface area contributed by atoms with Crippen LogP contribution in [0.1, 0.15) is 59.9 Å². The molecule has 4 aromatic carbocycles. The number of carbonyl (C=O) groups excluding carboxylic acids is 2. The van der Waals surface area contributed by atoms with Crippen LogP contribution in [-0.4, -0.2) is 29.3 Å². The minimum absolute atomic E-state index is 0.0363. The fourth-order valence-corrected chi connectivity index (χ4v) is 5.16. The first kappa shape index (κ1) is 28.8. The van der Waals surface area contributed by atoms with Crippen molar-refractivity contribution in [2.75, 3.05) is 6.54 Å². The number of nitrogens with zero attached hydrogens (tertiary/aromatic N) is 1. The van der Waals surface area contributed by atoms with E-state index in [0.717, 1.165) is 40.7 Å². The molecule has 0 spiro atoms. The number of amides is 2. The van der Waals surface area contributed by atoms with Gasteiger partial charge in [-0.3, -0.25) is 9.59 Å². The van der Waals surface area contributed by atoms with Gasteiger partial charge in [-0.2, -0.15) is 0 Å². The monoisotopic (exact) mass is 532 g/mol. The molecule has 4 nitrogen and oxygen atoms in total. The summed E-state index contributed by atoms with van der Waals surface area (Å²) in [5.41, 5.74) is 5.35. The molecule has 1 N–H and O–H groups in total. The van der Waals surface area contributed by atoms with Gasteiger partial charge >= 0.3 is 0 Å². The third-order valence-corrected chi connectivity index (χ3v) is 7.32. The molecule has 0 aliphatic carbocycles. The van der Waals surface area contributed by atoms with Crippen molar-refractivity contribution in [1.29, 1.82) is 0 Å². The molecular formula is C36H40N2O2. The predicted molar refractivity (Wildman–Crippen MR) is 163 cm³/mol. The second kappa shape index (κ2) is 14.8. The number of rotatable bonds is 13. The van der Waals surface area contributed by atoms with Crippen molar-refractivity contribution < 1.29 is 9.59 Å². The van der Waals surface area contributed by atoms with Crippen LogP contribution in [0.5, 0.6) is 0 Å². The van der Waals surface area contributed by atoms with Gasteiger partial charge in [-0.15, -0.1) is 0 Å². The first-order valence-corrected chi connectivity index (χ1v) is 14.3. The molecule has 1 atom stereocenters. The zero-order valence-corrected chi connectivity index (χ0v) is 23.6. The van der Waals surface area contributed by atoms with Crippen LogP contribution in [-0.2, 0) is 22.6 Å². The summed E-state index contributed by atoms with van der Waals surface area (Å²) in [6.45, 7) is 5.13. The predicted octanol–water partition coefficient (Wildman–Crippen LogP) is 7.07. The van der Waals surface area contributed by atoms with Crippen LogP contribution in [0.2, 0.25) is 0 Å². The number of benzene rings is 4. The summed E-state index contributed by atoms with van der Waals surface area (Å²) in [5.74, 6) is -0.254. The van der Waals surface area contributed by atoms with E-state index in [1.807, 2.05) is 83.8 Å². The van der Waals surface area contributed by atoms with Crippen molar-refractivity contribution in [1.82, 2.24) is 10.2 Å². The number of carbonyl (C=O) groups is 2. The Hall–Kier alpha value is -4.18. The normalized spacial score (nSPS) is 11.7. The van der Waals surface area contributed by atoms with E-state index in [4.69, 9.17) is 0 Å². The van der Waals surface area contributed by atoms with Crippen molar-refractivity contribution >= 4 is 11.8 Å². The largest absolute Gasteiger partial charge is 0.354 e. The molecule has 0 saturated heterocycles. The summed E-state index contributed by atoms with van der Waals surface area (Å²) in [7, 11) is 0. The van der Waals surface area contributed by atoms with Gasteiger partial charge in [0.15, 0.2) is 0 Å². The Morgan fingerprint density at radius 2 is 1.32 bits per heavy atom. The van der Waals surface area contributed by atoms with Gasteiger partial charge in [0.05, 0.1) is 0 Å². The second-order valence-corrected chi connectivity index (χ2v) is 10.4. The van der Waals surface area contributed by atoms with Gasteiger partial charge in [0.2, 0.25) is 11.8 Å². The number of aryl methyl sites for hydroxylation is 1. The van der Waals surface area contributed by atoms with Gasteiger partial charge in [0, 0.05) is 31.8 Å². The van der Waals surface area contributed by atoms with Crippen LogP contribution < -0.4 is 5.32 Å². The summed E-state index contributed by atoms with van der Waals surface area (Å²) in [5, 5.41) is 3.12. The standard InChI is InChI=1S/C36H40N2O2/c1-3-4-23-37-36(40)34(25-29-16-8-5-9-17-29)38(27-30-18-14-15-28(2)24-30)35(39)26-33(31-19-10-6-11-20-31)32-21-12-7-13-22-32/h5-22,24,33-34H,3-4,23,25-27H2,1-2H3,(H,37,40). The number of nitrogens with one attached hydrogen (secondary N) is 1. The van der Waals surface area contributed by atoms with E-state index in [1.165, 1.54) is 0 Å². The summed E-state index contributed by atoms with van der Waals surface area (Å²) >= 11 is 0. The zero-order valence-electron chi connectivity index (χ0n) is 23.6. The van der Waals surface area contributed by atoms with E-state index in [9.17, 15) is 9.59 Å². The molecule has 0 radical (unpaired) electrons. The summed E-state index contributed by atoms with van der Waals surface area (Å²) in [4.78, 5) is 30.0. The van der Waals surface area contributed by atoms with Crippen molar-refractivity contribution in [2.45, 2.75) is 58.0 Å². The average Bonchev–Trinajstić information content (AvgIpc) is 2.99. The Morgan fingerprint density at radius 1 is 0.750 bits per heavy atom. The SMILES string of the molecule is CCCCNC(=O)C(Cc1ccccc1)N(Cc1cccc(C)c1)C(=O)CC(c1ccccc1)c1ccccc1. The lowest BCUT2D eigenvalue weighted by molar-refractivity contribution is -0.141. The first-order chi connectivity index (χ1) is 19.5. The van der Waals surface area contributed by atoms with Crippen LogP contribution in [0.25, 0.3) is 0 Å².